The Morgan fingerprint density at radius 3 is 2.21 bits per heavy atom. The van der Waals surface area contributed by atoms with Gasteiger partial charge in [-0.1, -0.05) is 11.6 Å². The zero-order valence-corrected chi connectivity index (χ0v) is 17.8. The number of hydrogen-bond acceptors (Lipinski definition) is 6. The number of amides is 2. The van der Waals surface area contributed by atoms with Crippen LogP contribution in [0.2, 0.25) is 5.02 Å². The minimum atomic E-state index is -0.447. The van der Waals surface area contributed by atoms with Crippen LogP contribution < -0.4 is 15.4 Å². The van der Waals surface area contributed by atoms with Crippen molar-refractivity contribution in [2.24, 2.45) is 0 Å². The summed E-state index contributed by atoms with van der Waals surface area (Å²) in [5, 5.41) is 6.01. The van der Waals surface area contributed by atoms with Gasteiger partial charge < -0.3 is 20.1 Å². The molecule has 2 aromatic rings. The summed E-state index contributed by atoms with van der Waals surface area (Å²) in [5.41, 5.74) is 2.28. The van der Waals surface area contributed by atoms with E-state index in [0.717, 1.165) is 5.56 Å². The predicted octanol–water partition coefficient (Wildman–Crippen LogP) is 3.75. The number of hydrogen-bond donors (Lipinski definition) is 2. The number of benzene rings is 2. The molecule has 0 spiro atoms. The van der Waals surface area contributed by atoms with E-state index in [1.54, 1.807) is 36.4 Å². The van der Waals surface area contributed by atoms with Crippen LogP contribution in [0.15, 0.2) is 36.4 Å². The van der Waals surface area contributed by atoms with Gasteiger partial charge in [-0.15, -0.1) is 11.8 Å². The Morgan fingerprint density at radius 1 is 1.00 bits per heavy atom. The van der Waals surface area contributed by atoms with Crippen LogP contribution in [-0.2, 0) is 14.3 Å². The topological polar surface area (TPSA) is 93.7 Å². The molecule has 0 saturated heterocycles. The number of thioether (sulfide) groups is 1. The molecule has 2 rings (SSSR count). The van der Waals surface area contributed by atoms with Gasteiger partial charge in [-0.2, -0.15) is 0 Å². The van der Waals surface area contributed by atoms with Crippen molar-refractivity contribution < 1.29 is 23.9 Å². The molecule has 9 heteroatoms. The molecule has 0 aromatic heterocycles. The van der Waals surface area contributed by atoms with E-state index in [4.69, 9.17) is 16.3 Å². The number of nitrogens with one attached hydrogen (secondary N) is 2. The average Bonchev–Trinajstić information content (AvgIpc) is 2.70. The van der Waals surface area contributed by atoms with Crippen molar-refractivity contribution in [3.8, 4) is 5.75 Å². The number of carbonyl (C=O) groups is 3. The van der Waals surface area contributed by atoms with Gasteiger partial charge in [0.25, 0.3) is 0 Å². The highest BCUT2D eigenvalue weighted by Crippen LogP contribution is 2.31. The number of carbonyl (C=O) groups excluding carboxylic acids is 3. The fourth-order valence-corrected chi connectivity index (χ4v) is 3.13. The molecule has 0 saturated carbocycles. The molecule has 0 heterocycles. The smallest absolute Gasteiger partial charge is 0.337 e. The lowest BCUT2D eigenvalue weighted by Gasteiger charge is -2.12. The quantitative estimate of drug-likeness (QED) is 0.612. The average molecular weight is 437 g/mol. The van der Waals surface area contributed by atoms with Gasteiger partial charge in [0.15, 0.2) is 0 Å². The van der Waals surface area contributed by atoms with Gasteiger partial charge in [0.2, 0.25) is 11.8 Å². The summed E-state index contributed by atoms with van der Waals surface area (Å²) >= 11 is 7.23. The zero-order valence-electron chi connectivity index (χ0n) is 16.2. The third kappa shape index (κ3) is 6.69. The number of anilines is 2. The highest BCUT2D eigenvalue weighted by Gasteiger charge is 2.12. The second-order valence-electron chi connectivity index (χ2n) is 5.96. The van der Waals surface area contributed by atoms with Crippen LogP contribution in [0.25, 0.3) is 0 Å². The fourth-order valence-electron chi connectivity index (χ4n) is 2.36. The zero-order chi connectivity index (χ0) is 21.4. The molecule has 0 aliphatic rings. The SMILES string of the molecule is COC(=O)c1ccc(NC(=O)CSCC(=O)Nc2cc(C)c(Cl)cc2OC)cc1. The number of aryl methyl sites for hydroxylation is 1. The van der Waals surface area contributed by atoms with Gasteiger partial charge >= 0.3 is 5.97 Å². The Kier molecular flexibility index (Phi) is 8.35. The van der Waals surface area contributed by atoms with Crippen molar-refractivity contribution in [3.05, 3.63) is 52.5 Å². The third-order valence-corrected chi connectivity index (χ3v) is 5.15. The van der Waals surface area contributed by atoms with E-state index in [1.165, 1.54) is 26.0 Å². The Labute approximate surface area is 178 Å². The Balaban J connectivity index is 1.81. The van der Waals surface area contributed by atoms with E-state index in [2.05, 4.69) is 15.4 Å². The van der Waals surface area contributed by atoms with E-state index in [9.17, 15) is 14.4 Å². The van der Waals surface area contributed by atoms with Crippen LogP contribution in [0.4, 0.5) is 11.4 Å². The summed E-state index contributed by atoms with van der Waals surface area (Å²) in [6, 6.07) is 9.70. The van der Waals surface area contributed by atoms with Gasteiger partial charge in [0.1, 0.15) is 5.75 Å². The maximum atomic E-state index is 12.2. The maximum Gasteiger partial charge on any atom is 0.337 e. The summed E-state index contributed by atoms with van der Waals surface area (Å²) in [5.74, 6) is -0.300. The van der Waals surface area contributed by atoms with Gasteiger partial charge in [-0.3, -0.25) is 9.59 Å². The lowest BCUT2D eigenvalue weighted by atomic mass is 10.2. The molecule has 0 aliphatic heterocycles. The monoisotopic (exact) mass is 436 g/mol. The number of esters is 1. The molecule has 0 fully saturated rings. The summed E-state index contributed by atoms with van der Waals surface area (Å²) in [7, 11) is 2.79. The number of rotatable bonds is 8. The molecule has 29 heavy (non-hydrogen) atoms. The van der Waals surface area contributed by atoms with Crippen molar-refractivity contribution in [2.75, 3.05) is 36.4 Å². The largest absolute Gasteiger partial charge is 0.495 e. The molecule has 154 valence electrons. The summed E-state index contributed by atoms with van der Waals surface area (Å²) in [6.07, 6.45) is 0. The summed E-state index contributed by atoms with van der Waals surface area (Å²) in [4.78, 5) is 35.6. The fraction of sp³-hybridized carbons (Fsp3) is 0.250. The van der Waals surface area contributed by atoms with Crippen LogP contribution in [0.1, 0.15) is 15.9 Å². The Hall–Kier alpha value is -2.71. The first-order valence-corrected chi connectivity index (χ1v) is 10.1. The number of ether oxygens (including phenoxy) is 2. The standard InChI is InChI=1S/C20H21ClN2O5S/c1-12-8-16(17(27-2)9-15(12)21)23-19(25)11-29-10-18(24)22-14-6-4-13(5-7-14)20(26)28-3/h4-9H,10-11H2,1-3H3,(H,22,24)(H,23,25). The van der Waals surface area contributed by atoms with E-state index in [1.807, 2.05) is 6.92 Å². The third-order valence-electron chi connectivity index (χ3n) is 3.81. The normalized spacial score (nSPS) is 10.2. The summed E-state index contributed by atoms with van der Waals surface area (Å²) < 4.78 is 9.84. The van der Waals surface area contributed by atoms with Crippen molar-refractivity contribution in [3.63, 3.8) is 0 Å². The lowest BCUT2D eigenvalue weighted by molar-refractivity contribution is -0.114. The maximum absolute atomic E-state index is 12.2. The molecule has 0 bridgehead atoms. The summed E-state index contributed by atoms with van der Waals surface area (Å²) in [6.45, 7) is 1.83. The molecule has 2 amide bonds. The van der Waals surface area contributed by atoms with Gasteiger partial charge in [0, 0.05) is 16.8 Å². The van der Waals surface area contributed by atoms with Crippen LogP contribution >= 0.6 is 23.4 Å². The van der Waals surface area contributed by atoms with Crippen molar-refractivity contribution >= 4 is 52.5 Å². The number of halogens is 1. The van der Waals surface area contributed by atoms with Gasteiger partial charge in [-0.25, -0.2) is 4.79 Å². The second kappa shape index (κ2) is 10.7. The molecule has 0 atom stereocenters. The Bertz CT molecular complexity index is 902. The molecule has 2 N–H and O–H groups in total. The van der Waals surface area contributed by atoms with Crippen LogP contribution in [0, 0.1) is 6.92 Å². The minimum Gasteiger partial charge on any atom is -0.495 e. The van der Waals surface area contributed by atoms with Crippen LogP contribution in [-0.4, -0.2) is 43.5 Å². The first-order valence-electron chi connectivity index (χ1n) is 8.54. The van der Waals surface area contributed by atoms with Gasteiger partial charge in [-0.05, 0) is 42.8 Å². The molecular weight excluding hydrogens is 416 g/mol. The second-order valence-corrected chi connectivity index (χ2v) is 7.35. The minimum absolute atomic E-state index is 0.0968. The molecule has 7 nitrogen and oxygen atoms in total. The van der Waals surface area contributed by atoms with Crippen molar-refractivity contribution in [2.45, 2.75) is 6.92 Å². The number of methoxy groups -OCH3 is 2. The van der Waals surface area contributed by atoms with E-state index in [0.29, 0.717) is 27.7 Å². The first-order chi connectivity index (χ1) is 13.8. The molecule has 2 aromatic carbocycles. The first kappa shape index (κ1) is 22.6. The Morgan fingerprint density at radius 2 is 1.62 bits per heavy atom. The highest BCUT2D eigenvalue weighted by atomic mass is 35.5. The molecular formula is C20H21ClN2O5S. The van der Waals surface area contributed by atoms with E-state index < -0.39 is 5.97 Å². The molecule has 0 aliphatic carbocycles. The molecule has 0 unspecified atom stereocenters. The van der Waals surface area contributed by atoms with Crippen molar-refractivity contribution in [1.82, 2.24) is 0 Å². The highest BCUT2D eigenvalue weighted by molar-refractivity contribution is 8.00. The predicted molar refractivity (Wildman–Crippen MR) is 115 cm³/mol. The van der Waals surface area contributed by atoms with Crippen molar-refractivity contribution in [1.29, 1.82) is 0 Å². The lowest BCUT2D eigenvalue weighted by Crippen LogP contribution is -2.18. The van der Waals surface area contributed by atoms with E-state index in [-0.39, 0.29) is 23.3 Å². The van der Waals surface area contributed by atoms with Gasteiger partial charge in [0.05, 0.1) is 37.0 Å². The molecule has 0 radical (unpaired) electrons. The van der Waals surface area contributed by atoms with Crippen LogP contribution in [0.3, 0.4) is 0 Å². The van der Waals surface area contributed by atoms with Crippen LogP contribution in [0.5, 0.6) is 5.75 Å². The van der Waals surface area contributed by atoms with E-state index >= 15 is 0 Å².